The molecule has 1 saturated heterocycles. The number of carbonyl (C=O) groups is 1. The van der Waals surface area contributed by atoms with E-state index in [1.165, 1.54) is 0 Å². The fourth-order valence-corrected chi connectivity index (χ4v) is 2.88. The van der Waals surface area contributed by atoms with Crippen molar-refractivity contribution >= 4 is 17.3 Å². The number of piperidine rings is 1. The predicted molar refractivity (Wildman–Crippen MR) is 94.0 cm³/mol. The molecular formula is C19H20N4O. The SMILES string of the molecule is CC1CCN(c2cncc(C(=O)Nc3ccccc3C#N)c2)CC1. The van der Waals surface area contributed by atoms with Crippen LogP contribution in [0, 0.1) is 17.2 Å². The van der Waals surface area contributed by atoms with Gasteiger partial charge in [-0.05, 0) is 37.0 Å². The Balaban J connectivity index is 1.76. The lowest BCUT2D eigenvalue weighted by Crippen LogP contribution is -2.33. The molecular weight excluding hydrogens is 300 g/mol. The third kappa shape index (κ3) is 3.54. The lowest BCUT2D eigenvalue weighted by molar-refractivity contribution is 0.102. The number of nitriles is 1. The standard InChI is InChI=1S/C19H20N4O/c1-14-6-8-23(9-7-14)17-10-16(12-21-13-17)19(24)22-18-5-3-2-4-15(18)11-20/h2-5,10,12-14H,6-9H2,1H3,(H,22,24). The van der Waals surface area contributed by atoms with Crippen LogP contribution >= 0.6 is 0 Å². The Morgan fingerprint density at radius 2 is 2.04 bits per heavy atom. The van der Waals surface area contributed by atoms with Gasteiger partial charge in [-0.3, -0.25) is 9.78 Å². The van der Waals surface area contributed by atoms with Gasteiger partial charge in [-0.2, -0.15) is 5.26 Å². The van der Waals surface area contributed by atoms with Crippen LogP contribution in [0.1, 0.15) is 35.7 Å². The Morgan fingerprint density at radius 1 is 1.29 bits per heavy atom. The number of rotatable bonds is 3. The molecule has 1 aromatic carbocycles. The zero-order valence-corrected chi connectivity index (χ0v) is 13.7. The molecule has 1 N–H and O–H groups in total. The van der Waals surface area contributed by atoms with Gasteiger partial charge in [-0.25, -0.2) is 0 Å². The molecule has 5 heteroatoms. The highest BCUT2D eigenvalue weighted by molar-refractivity contribution is 6.05. The Morgan fingerprint density at radius 3 is 2.79 bits per heavy atom. The topological polar surface area (TPSA) is 69.0 Å². The van der Waals surface area contributed by atoms with Crippen molar-refractivity contribution < 1.29 is 4.79 Å². The summed E-state index contributed by atoms with van der Waals surface area (Å²) in [6, 6.07) is 10.9. The van der Waals surface area contributed by atoms with E-state index in [0.717, 1.165) is 37.5 Å². The number of pyridine rings is 1. The largest absolute Gasteiger partial charge is 0.370 e. The first-order valence-electron chi connectivity index (χ1n) is 8.18. The summed E-state index contributed by atoms with van der Waals surface area (Å²) >= 11 is 0. The van der Waals surface area contributed by atoms with Crippen molar-refractivity contribution in [2.45, 2.75) is 19.8 Å². The minimum Gasteiger partial charge on any atom is -0.370 e. The number of amides is 1. The van der Waals surface area contributed by atoms with Crippen LogP contribution < -0.4 is 10.2 Å². The number of nitrogens with one attached hydrogen (secondary N) is 1. The van der Waals surface area contributed by atoms with Crippen molar-refractivity contribution in [1.82, 2.24) is 4.98 Å². The van der Waals surface area contributed by atoms with E-state index in [2.05, 4.69) is 28.2 Å². The van der Waals surface area contributed by atoms with Gasteiger partial charge in [-0.1, -0.05) is 19.1 Å². The molecule has 122 valence electrons. The first-order valence-corrected chi connectivity index (χ1v) is 8.18. The van der Waals surface area contributed by atoms with E-state index in [-0.39, 0.29) is 5.91 Å². The molecule has 5 nitrogen and oxygen atoms in total. The highest BCUT2D eigenvalue weighted by Crippen LogP contribution is 2.23. The molecule has 1 aromatic heterocycles. The average molecular weight is 320 g/mol. The van der Waals surface area contributed by atoms with Crippen molar-refractivity contribution in [3.63, 3.8) is 0 Å². The van der Waals surface area contributed by atoms with Gasteiger partial charge in [0.15, 0.2) is 0 Å². The van der Waals surface area contributed by atoms with Crippen LogP contribution in [0.2, 0.25) is 0 Å². The van der Waals surface area contributed by atoms with Crippen LogP contribution in [0.5, 0.6) is 0 Å². The summed E-state index contributed by atoms with van der Waals surface area (Å²) in [5, 5.41) is 11.9. The molecule has 0 spiro atoms. The third-order valence-electron chi connectivity index (χ3n) is 4.43. The number of para-hydroxylation sites is 1. The summed E-state index contributed by atoms with van der Waals surface area (Å²) < 4.78 is 0. The van der Waals surface area contributed by atoms with E-state index in [1.54, 1.807) is 36.7 Å². The molecule has 0 unspecified atom stereocenters. The van der Waals surface area contributed by atoms with Gasteiger partial charge >= 0.3 is 0 Å². The zero-order chi connectivity index (χ0) is 16.9. The summed E-state index contributed by atoms with van der Waals surface area (Å²) in [5.41, 5.74) is 2.43. The zero-order valence-electron chi connectivity index (χ0n) is 13.7. The molecule has 1 fully saturated rings. The predicted octanol–water partition coefficient (Wildman–Crippen LogP) is 3.44. The van der Waals surface area contributed by atoms with Crippen molar-refractivity contribution in [2.24, 2.45) is 5.92 Å². The summed E-state index contributed by atoms with van der Waals surface area (Å²) in [6.45, 7) is 4.25. The lowest BCUT2D eigenvalue weighted by atomic mass is 9.99. The highest BCUT2D eigenvalue weighted by atomic mass is 16.1. The van der Waals surface area contributed by atoms with Gasteiger partial charge in [0.05, 0.1) is 28.7 Å². The summed E-state index contributed by atoms with van der Waals surface area (Å²) in [7, 11) is 0. The first kappa shape index (κ1) is 16.0. The second-order valence-electron chi connectivity index (χ2n) is 6.21. The third-order valence-corrected chi connectivity index (χ3v) is 4.43. The summed E-state index contributed by atoms with van der Waals surface area (Å²) in [5.74, 6) is 0.501. The monoisotopic (exact) mass is 320 g/mol. The van der Waals surface area contributed by atoms with Gasteiger partial charge in [-0.15, -0.1) is 0 Å². The van der Waals surface area contributed by atoms with Gasteiger partial charge in [0.2, 0.25) is 0 Å². The normalized spacial score (nSPS) is 14.9. The molecule has 1 amide bonds. The van der Waals surface area contributed by atoms with Gasteiger partial charge in [0, 0.05) is 19.3 Å². The van der Waals surface area contributed by atoms with E-state index in [1.807, 2.05) is 6.07 Å². The molecule has 0 radical (unpaired) electrons. The highest BCUT2D eigenvalue weighted by Gasteiger charge is 2.17. The van der Waals surface area contributed by atoms with E-state index >= 15 is 0 Å². The molecule has 1 aliphatic heterocycles. The van der Waals surface area contributed by atoms with Gasteiger partial charge in [0.25, 0.3) is 5.91 Å². The van der Waals surface area contributed by atoms with Crippen molar-refractivity contribution in [3.05, 3.63) is 53.9 Å². The van der Waals surface area contributed by atoms with Gasteiger partial charge < -0.3 is 10.2 Å². The number of carbonyl (C=O) groups excluding carboxylic acids is 1. The van der Waals surface area contributed by atoms with Crippen molar-refractivity contribution in [3.8, 4) is 6.07 Å². The van der Waals surface area contributed by atoms with Crippen LogP contribution in [0.4, 0.5) is 11.4 Å². The number of hydrogen-bond acceptors (Lipinski definition) is 4. The Kier molecular flexibility index (Phi) is 4.76. The smallest absolute Gasteiger partial charge is 0.257 e. The Labute approximate surface area is 141 Å². The molecule has 3 rings (SSSR count). The second kappa shape index (κ2) is 7.14. The number of hydrogen-bond donors (Lipinski definition) is 1. The van der Waals surface area contributed by atoms with E-state index < -0.39 is 0 Å². The van der Waals surface area contributed by atoms with Crippen LogP contribution in [-0.2, 0) is 0 Å². The van der Waals surface area contributed by atoms with Crippen molar-refractivity contribution in [2.75, 3.05) is 23.3 Å². The first-order chi connectivity index (χ1) is 11.7. The maximum absolute atomic E-state index is 12.5. The molecule has 24 heavy (non-hydrogen) atoms. The van der Waals surface area contributed by atoms with Crippen LogP contribution in [-0.4, -0.2) is 24.0 Å². The molecule has 2 heterocycles. The molecule has 0 atom stereocenters. The minimum absolute atomic E-state index is 0.252. The maximum atomic E-state index is 12.5. The number of nitrogens with zero attached hydrogens (tertiary/aromatic N) is 3. The maximum Gasteiger partial charge on any atom is 0.257 e. The van der Waals surface area contributed by atoms with E-state index in [0.29, 0.717) is 16.8 Å². The molecule has 0 bridgehead atoms. The van der Waals surface area contributed by atoms with Crippen LogP contribution in [0.3, 0.4) is 0 Å². The molecule has 0 saturated carbocycles. The van der Waals surface area contributed by atoms with Crippen molar-refractivity contribution in [1.29, 1.82) is 5.26 Å². The Bertz CT molecular complexity index is 773. The fourth-order valence-electron chi connectivity index (χ4n) is 2.88. The van der Waals surface area contributed by atoms with Crippen LogP contribution in [0.15, 0.2) is 42.7 Å². The Hall–Kier alpha value is -2.87. The summed E-state index contributed by atoms with van der Waals surface area (Å²) in [4.78, 5) is 19.0. The van der Waals surface area contributed by atoms with E-state index in [9.17, 15) is 4.79 Å². The molecule has 0 aliphatic carbocycles. The fraction of sp³-hybridized carbons (Fsp3) is 0.316. The summed E-state index contributed by atoms with van der Waals surface area (Å²) in [6.07, 6.45) is 5.67. The average Bonchev–Trinajstić information content (AvgIpc) is 2.63. The quantitative estimate of drug-likeness (QED) is 0.940. The minimum atomic E-state index is -0.252. The van der Waals surface area contributed by atoms with Gasteiger partial charge in [0.1, 0.15) is 6.07 Å². The number of aromatic nitrogens is 1. The van der Waals surface area contributed by atoms with Crippen LogP contribution in [0.25, 0.3) is 0 Å². The lowest BCUT2D eigenvalue weighted by Gasteiger charge is -2.32. The number of benzene rings is 1. The molecule has 1 aliphatic rings. The molecule has 2 aromatic rings. The second-order valence-corrected chi connectivity index (χ2v) is 6.21. The number of anilines is 2. The van der Waals surface area contributed by atoms with E-state index in [4.69, 9.17) is 5.26 Å².